The summed E-state index contributed by atoms with van der Waals surface area (Å²) in [4.78, 5) is 11.4. The van der Waals surface area contributed by atoms with E-state index in [1.165, 1.54) is 0 Å². The molecule has 2 N–H and O–H groups in total. The van der Waals surface area contributed by atoms with Crippen molar-refractivity contribution in [3.63, 3.8) is 0 Å². The van der Waals surface area contributed by atoms with E-state index in [1.54, 1.807) is 7.11 Å². The minimum Gasteiger partial charge on any atom is -0.484 e. The van der Waals surface area contributed by atoms with Crippen molar-refractivity contribution in [2.45, 2.75) is 19.9 Å². The molecule has 5 heteroatoms. The van der Waals surface area contributed by atoms with Crippen molar-refractivity contribution in [3.05, 3.63) is 29.8 Å². The van der Waals surface area contributed by atoms with Gasteiger partial charge in [-0.25, -0.2) is 0 Å². The Bertz CT molecular complexity index is 396. The van der Waals surface area contributed by atoms with Crippen LogP contribution in [0.5, 0.6) is 5.75 Å². The summed E-state index contributed by atoms with van der Waals surface area (Å²) < 4.78 is 10.4. The molecule has 5 nitrogen and oxygen atoms in total. The van der Waals surface area contributed by atoms with Crippen LogP contribution in [0.1, 0.15) is 18.9 Å². The Morgan fingerprint density at radius 1 is 1.30 bits per heavy atom. The van der Waals surface area contributed by atoms with Crippen molar-refractivity contribution in [2.75, 3.05) is 33.4 Å². The molecule has 112 valence electrons. The third kappa shape index (κ3) is 7.11. The Labute approximate surface area is 120 Å². The number of hydrogen-bond donors (Lipinski definition) is 2. The molecule has 0 spiro atoms. The molecule has 0 aromatic heterocycles. The molecule has 0 heterocycles. The molecule has 1 aromatic rings. The zero-order valence-corrected chi connectivity index (χ0v) is 12.3. The second-order valence-electron chi connectivity index (χ2n) is 4.46. The summed E-state index contributed by atoms with van der Waals surface area (Å²) in [5.74, 6) is 0.623. The van der Waals surface area contributed by atoms with E-state index in [0.29, 0.717) is 18.9 Å². The van der Waals surface area contributed by atoms with Crippen LogP contribution in [0, 0.1) is 0 Å². The molecule has 1 amide bonds. The van der Waals surface area contributed by atoms with Gasteiger partial charge in [0.1, 0.15) is 5.75 Å². The van der Waals surface area contributed by atoms with E-state index in [9.17, 15) is 4.79 Å². The van der Waals surface area contributed by atoms with Crippen LogP contribution in [0.25, 0.3) is 0 Å². The third-order valence-electron chi connectivity index (χ3n) is 2.65. The number of methoxy groups -OCH3 is 1. The number of carbonyl (C=O) groups is 1. The Morgan fingerprint density at radius 3 is 2.90 bits per heavy atom. The molecule has 0 aliphatic rings. The standard InChI is InChI=1S/C15H24N2O3/c1-3-7-17-15(18)12-20-14-6-4-5-13(10-14)11-16-8-9-19-2/h4-6,10,16H,3,7-9,11-12H2,1-2H3,(H,17,18). The highest BCUT2D eigenvalue weighted by atomic mass is 16.5. The zero-order chi connectivity index (χ0) is 14.6. The lowest BCUT2D eigenvalue weighted by atomic mass is 10.2. The Hall–Kier alpha value is -1.59. The lowest BCUT2D eigenvalue weighted by molar-refractivity contribution is -0.123. The fourth-order valence-electron chi connectivity index (χ4n) is 1.62. The number of ether oxygens (including phenoxy) is 2. The van der Waals surface area contributed by atoms with Gasteiger partial charge in [0.05, 0.1) is 6.61 Å². The van der Waals surface area contributed by atoms with Crippen molar-refractivity contribution in [3.8, 4) is 5.75 Å². The zero-order valence-electron chi connectivity index (χ0n) is 12.3. The van der Waals surface area contributed by atoms with Crippen LogP contribution < -0.4 is 15.4 Å². The second-order valence-corrected chi connectivity index (χ2v) is 4.46. The van der Waals surface area contributed by atoms with Crippen molar-refractivity contribution < 1.29 is 14.3 Å². The van der Waals surface area contributed by atoms with E-state index in [0.717, 1.165) is 25.1 Å². The first-order valence-electron chi connectivity index (χ1n) is 6.94. The molecular formula is C15H24N2O3. The quantitative estimate of drug-likeness (QED) is 0.635. The molecule has 0 atom stereocenters. The molecule has 0 saturated heterocycles. The topological polar surface area (TPSA) is 59.6 Å². The van der Waals surface area contributed by atoms with Gasteiger partial charge in [0.2, 0.25) is 0 Å². The van der Waals surface area contributed by atoms with Gasteiger partial charge in [-0.2, -0.15) is 0 Å². The van der Waals surface area contributed by atoms with Gasteiger partial charge < -0.3 is 20.1 Å². The van der Waals surface area contributed by atoms with Crippen molar-refractivity contribution in [2.24, 2.45) is 0 Å². The highest BCUT2D eigenvalue weighted by Crippen LogP contribution is 2.13. The number of carbonyl (C=O) groups excluding carboxylic acids is 1. The lowest BCUT2D eigenvalue weighted by Gasteiger charge is -2.09. The average molecular weight is 280 g/mol. The molecule has 0 aliphatic carbocycles. The number of nitrogens with one attached hydrogen (secondary N) is 2. The van der Waals surface area contributed by atoms with Gasteiger partial charge in [-0.3, -0.25) is 4.79 Å². The van der Waals surface area contributed by atoms with Crippen LogP contribution >= 0.6 is 0 Å². The van der Waals surface area contributed by atoms with Crippen LogP contribution in [-0.2, 0) is 16.1 Å². The summed E-state index contributed by atoms with van der Waals surface area (Å²) in [5.41, 5.74) is 1.12. The van der Waals surface area contributed by atoms with Gasteiger partial charge in [-0.1, -0.05) is 19.1 Å². The fraction of sp³-hybridized carbons (Fsp3) is 0.533. The van der Waals surface area contributed by atoms with Gasteiger partial charge in [-0.15, -0.1) is 0 Å². The molecule has 0 radical (unpaired) electrons. The minimum atomic E-state index is -0.0875. The van der Waals surface area contributed by atoms with E-state index in [1.807, 2.05) is 31.2 Å². The summed E-state index contributed by atoms with van der Waals surface area (Å²) in [6.45, 7) is 5.00. The molecule has 0 saturated carbocycles. The van der Waals surface area contributed by atoms with Crippen molar-refractivity contribution >= 4 is 5.91 Å². The van der Waals surface area contributed by atoms with E-state index in [4.69, 9.17) is 9.47 Å². The Morgan fingerprint density at radius 2 is 2.15 bits per heavy atom. The maximum absolute atomic E-state index is 11.4. The van der Waals surface area contributed by atoms with E-state index in [-0.39, 0.29) is 12.5 Å². The molecule has 0 bridgehead atoms. The molecule has 0 unspecified atom stereocenters. The van der Waals surface area contributed by atoms with Gasteiger partial charge in [-0.05, 0) is 24.1 Å². The number of amides is 1. The van der Waals surface area contributed by atoms with E-state index in [2.05, 4.69) is 10.6 Å². The van der Waals surface area contributed by atoms with Gasteiger partial charge in [0, 0.05) is 26.7 Å². The smallest absolute Gasteiger partial charge is 0.257 e. The number of benzene rings is 1. The van der Waals surface area contributed by atoms with Crippen LogP contribution in [0.2, 0.25) is 0 Å². The first-order valence-corrected chi connectivity index (χ1v) is 6.94. The predicted octanol–water partition coefficient (Wildman–Crippen LogP) is 1.33. The summed E-state index contributed by atoms with van der Waals surface area (Å²) in [6.07, 6.45) is 0.925. The van der Waals surface area contributed by atoms with Gasteiger partial charge >= 0.3 is 0 Å². The van der Waals surface area contributed by atoms with Crippen LogP contribution in [0.3, 0.4) is 0 Å². The monoisotopic (exact) mass is 280 g/mol. The molecule has 0 fully saturated rings. The maximum atomic E-state index is 11.4. The predicted molar refractivity (Wildman–Crippen MR) is 78.8 cm³/mol. The second kappa shape index (κ2) is 10.2. The normalized spacial score (nSPS) is 10.3. The van der Waals surface area contributed by atoms with Crippen molar-refractivity contribution in [1.29, 1.82) is 0 Å². The van der Waals surface area contributed by atoms with Crippen LogP contribution in [0.4, 0.5) is 0 Å². The number of hydrogen-bond acceptors (Lipinski definition) is 4. The lowest BCUT2D eigenvalue weighted by Crippen LogP contribution is -2.29. The van der Waals surface area contributed by atoms with E-state index < -0.39 is 0 Å². The van der Waals surface area contributed by atoms with Crippen molar-refractivity contribution in [1.82, 2.24) is 10.6 Å². The molecule has 0 aliphatic heterocycles. The van der Waals surface area contributed by atoms with E-state index >= 15 is 0 Å². The van der Waals surface area contributed by atoms with Crippen LogP contribution in [-0.4, -0.2) is 39.3 Å². The average Bonchev–Trinajstić information content (AvgIpc) is 2.48. The largest absolute Gasteiger partial charge is 0.484 e. The molecular weight excluding hydrogens is 256 g/mol. The highest BCUT2D eigenvalue weighted by molar-refractivity contribution is 5.77. The summed E-state index contributed by atoms with van der Waals surface area (Å²) >= 11 is 0. The summed E-state index contributed by atoms with van der Waals surface area (Å²) in [5, 5.41) is 6.04. The summed E-state index contributed by atoms with van der Waals surface area (Å²) in [6, 6.07) is 7.73. The first-order chi connectivity index (χ1) is 9.76. The number of rotatable bonds is 10. The Kier molecular flexibility index (Phi) is 8.42. The van der Waals surface area contributed by atoms with Crippen LogP contribution in [0.15, 0.2) is 24.3 Å². The SMILES string of the molecule is CCCNC(=O)COc1cccc(CNCCOC)c1. The Balaban J connectivity index is 2.33. The molecule has 1 aromatic carbocycles. The molecule has 20 heavy (non-hydrogen) atoms. The highest BCUT2D eigenvalue weighted by Gasteiger charge is 2.02. The summed E-state index contributed by atoms with van der Waals surface area (Å²) in [7, 11) is 1.68. The third-order valence-corrected chi connectivity index (χ3v) is 2.65. The first kappa shape index (κ1) is 16.5. The minimum absolute atomic E-state index is 0.0561. The maximum Gasteiger partial charge on any atom is 0.257 e. The fourth-order valence-corrected chi connectivity index (χ4v) is 1.62. The van der Waals surface area contributed by atoms with Gasteiger partial charge in [0.15, 0.2) is 6.61 Å². The molecule has 1 rings (SSSR count). The van der Waals surface area contributed by atoms with Gasteiger partial charge in [0.25, 0.3) is 5.91 Å².